The van der Waals surface area contributed by atoms with Crippen molar-refractivity contribution in [3.05, 3.63) is 47.0 Å². The fraction of sp³-hybridized carbons (Fsp3) is 0.483. The number of hydrogen-bond acceptors (Lipinski definition) is 8. The van der Waals surface area contributed by atoms with E-state index in [1.807, 2.05) is 36.9 Å². The molecule has 0 unspecified atom stereocenters. The Morgan fingerprint density at radius 3 is 2.52 bits per heavy atom. The zero-order chi connectivity index (χ0) is 28.7. The molecule has 11 heteroatoms. The maximum absolute atomic E-state index is 13.6. The zero-order valence-electron chi connectivity index (χ0n) is 23.3. The van der Waals surface area contributed by atoms with Gasteiger partial charge in [0, 0.05) is 23.9 Å². The number of ether oxygens (including phenoxy) is 1. The molecule has 212 valence electrons. The number of amides is 1. The van der Waals surface area contributed by atoms with Crippen molar-refractivity contribution in [2.75, 3.05) is 11.3 Å². The Kier molecular flexibility index (Phi) is 7.52. The number of sulfonamides is 1. The third-order valence-electron chi connectivity index (χ3n) is 7.92. The minimum absolute atomic E-state index is 0.0236. The Morgan fingerprint density at radius 2 is 1.88 bits per heavy atom. The largest absolute Gasteiger partial charge is 0.475 e. The maximum Gasteiger partial charge on any atom is 0.273 e. The van der Waals surface area contributed by atoms with Crippen LogP contribution in [0.25, 0.3) is 11.3 Å². The molecule has 0 saturated heterocycles. The molecule has 1 aromatic heterocycles. The van der Waals surface area contributed by atoms with E-state index in [-0.39, 0.29) is 42.1 Å². The van der Waals surface area contributed by atoms with Gasteiger partial charge < -0.3 is 9.64 Å². The number of carbonyl (C=O) groups excluding carboxylic acids is 1. The molecule has 1 aromatic carbocycles. The summed E-state index contributed by atoms with van der Waals surface area (Å²) in [6.45, 7) is 8.26. The Labute approximate surface area is 235 Å². The lowest BCUT2D eigenvalue weighted by atomic mass is 9.75. The van der Waals surface area contributed by atoms with Crippen molar-refractivity contribution in [1.29, 1.82) is 5.41 Å². The molecule has 2 fully saturated rings. The van der Waals surface area contributed by atoms with Gasteiger partial charge in [-0.1, -0.05) is 32.0 Å². The molecule has 40 heavy (non-hydrogen) atoms. The number of hydrogen-bond donors (Lipinski definition) is 2. The van der Waals surface area contributed by atoms with E-state index in [2.05, 4.69) is 33.5 Å². The lowest BCUT2D eigenvalue weighted by Gasteiger charge is -2.47. The number of fused-ring (bicyclic) bond motifs is 2. The van der Waals surface area contributed by atoms with Crippen molar-refractivity contribution >= 4 is 33.8 Å². The van der Waals surface area contributed by atoms with Crippen LogP contribution in [0.3, 0.4) is 0 Å². The lowest BCUT2D eigenvalue weighted by molar-refractivity contribution is -0.134. The molecule has 3 aliphatic rings. The number of nitrogens with one attached hydrogen (secondary N) is 2. The van der Waals surface area contributed by atoms with Crippen molar-refractivity contribution in [1.82, 2.24) is 14.9 Å². The minimum atomic E-state index is -4.03. The van der Waals surface area contributed by atoms with Gasteiger partial charge in [-0.15, -0.1) is 0 Å². The lowest BCUT2D eigenvalue weighted by Crippen LogP contribution is -2.57. The van der Waals surface area contributed by atoms with E-state index in [0.29, 0.717) is 17.5 Å². The van der Waals surface area contributed by atoms with E-state index < -0.39 is 15.9 Å². The van der Waals surface area contributed by atoms with Gasteiger partial charge in [-0.25, -0.2) is 18.1 Å². The molecule has 1 spiro atoms. The number of rotatable bonds is 4. The summed E-state index contributed by atoms with van der Waals surface area (Å²) < 4.78 is 34.1. The first-order valence-electron chi connectivity index (χ1n) is 13.7. The van der Waals surface area contributed by atoms with Gasteiger partial charge in [0.15, 0.2) is 0 Å². The summed E-state index contributed by atoms with van der Waals surface area (Å²) in [6, 6.07) is 7.31. The standard InChI is InChI=1S/C29H36N6O4S/c1-18(2)12-21-17-39-25-13-24(26-19(3)6-5-7-20(26)4)32-28(33-25)34-40(37,38)11-10-31-16-23(30)27(36)35(21)22-14-29(15-22)8-9-29/h5-7,10-11,13,16,18,21-22,30H,8-9,12,14-15,17H2,1-4H3,(H,32,33,34)/b11-10+,30-23?,31-16-/t21-/m1/s1. The van der Waals surface area contributed by atoms with Crippen LogP contribution >= 0.6 is 0 Å². The average molecular weight is 565 g/mol. The minimum Gasteiger partial charge on any atom is -0.475 e. The number of carbonyl (C=O) groups is 1. The van der Waals surface area contributed by atoms with Crippen LogP contribution in [0.2, 0.25) is 0 Å². The van der Waals surface area contributed by atoms with Crippen LogP contribution in [0.5, 0.6) is 5.88 Å². The SMILES string of the molecule is Cc1cccc(C)c1-c1cc2nc(n1)NS(=O)(=O)/C=C/N=C\C(=N)C(=O)N(C1CC3(CC3)C1)[C@H](CC(C)C)CO2. The molecule has 0 radical (unpaired) electrons. The van der Waals surface area contributed by atoms with Gasteiger partial charge in [0.25, 0.3) is 15.9 Å². The van der Waals surface area contributed by atoms with Gasteiger partial charge in [0.2, 0.25) is 11.8 Å². The molecule has 1 amide bonds. The Morgan fingerprint density at radius 1 is 1.18 bits per heavy atom. The first kappa shape index (κ1) is 27.9. The van der Waals surface area contributed by atoms with Crippen LogP contribution in [0.1, 0.15) is 57.1 Å². The molecular formula is C29H36N6O4S. The second kappa shape index (κ2) is 10.8. The zero-order valence-corrected chi connectivity index (χ0v) is 24.2. The molecule has 2 aromatic rings. The van der Waals surface area contributed by atoms with Crippen molar-refractivity contribution in [3.63, 3.8) is 0 Å². The highest BCUT2D eigenvalue weighted by atomic mass is 32.2. The summed E-state index contributed by atoms with van der Waals surface area (Å²) in [5.74, 6) is -0.0922. The van der Waals surface area contributed by atoms with Crippen LogP contribution in [0, 0.1) is 30.6 Å². The third kappa shape index (κ3) is 6.09. The van der Waals surface area contributed by atoms with Crippen LogP contribution in [0.4, 0.5) is 5.95 Å². The van der Waals surface area contributed by atoms with Gasteiger partial charge in [-0.2, -0.15) is 4.98 Å². The van der Waals surface area contributed by atoms with E-state index in [9.17, 15) is 13.2 Å². The predicted molar refractivity (Wildman–Crippen MR) is 155 cm³/mol. The van der Waals surface area contributed by atoms with Crippen molar-refractivity contribution in [2.24, 2.45) is 16.3 Å². The highest BCUT2D eigenvalue weighted by molar-refractivity contribution is 7.95. The van der Waals surface area contributed by atoms with E-state index in [1.54, 1.807) is 6.07 Å². The first-order chi connectivity index (χ1) is 19.0. The van der Waals surface area contributed by atoms with Crippen molar-refractivity contribution in [3.8, 4) is 17.1 Å². The van der Waals surface area contributed by atoms with Crippen LogP contribution in [-0.4, -0.2) is 59.8 Å². The Balaban J connectivity index is 1.57. The molecule has 2 aliphatic carbocycles. The summed E-state index contributed by atoms with van der Waals surface area (Å²) in [5.41, 5.74) is 3.39. The normalized spacial score (nSPS) is 23.9. The maximum atomic E-state index is 13.6. The Hall–Kier alpha value is -3.60. The number of aromatic nitrogens is 2. The van der Waals surface area contributed by atoms with Gasteiger partial charge >= 0.3 is 0 Å². The van der Waals surface area contributed by atoms with Crippen molar-refractivity contribution in [2.45, 2.75) is 71.9 Å². The van der Waals surface area contributed by atoms with E-state index in [0.717, 1.165) is 47.4 Å². The smallest absolute Gasteiger partial charge is 0.273 e. The van der Waals surface area contributed by atoms with Gasteiger partial charge in [-0.3, -0.25) is 15.2 Å². The number of nitrogens with zero attached hydrogens (tertiary/aromatic N) is 4. The third-order valence-corrected chi connectivity index (χ3v) is 8.86. The fourth-order valence-electron chi connectivity index (χ4n) is 5.82. The number of aliphatic imine (C=N–C) groups is 1. The highest BCUT2D eigenvalue weighted by Crippen LogP contribution is 2.62. The van der Waals surface area contributed by atoms with Crippen LogP contribution in [-0.2, 0) is 14.8 Å². The van der Waals surface area contributed by atoms with Gasteiger partial charge in [-0.05, 0) is 68.4 Å². The summed E-state index contributed by atoms with van der Waals surface area (Å²) >= 11 is 0. The second-order valence-electron chi connectivity index (χ2n) is 11.7. The Bertz CT molecular complexity index is 1470. The highest BCUT2D eigenvalue weighted by Gasteiger charge is 2.56. The molecule has 1 aliphatic heterocycles. The molecule has 2 saturated carbocycles. The second-order valence-corrected chi connectivity index (χ2v) is 13.2. The molecule has 2 N–H and O–H groups in total. The topological polar surface area (TPSA) is 138 Å². The van der Waals surface area contributed by atoms with Gasteiger partial charge in [0.1, 0.15) is 12.3 Å². The summed E-state index contributed by atoms with van der Waals surface area (Å²) in [6.07, 6.45) is 7.03. The predicted octanol–water partition coefficient (Wildman–Crippen LogP) is 4.64. The number of anilines is 1. The van der Waals surface area contributed by atoms with Gasteiger partial charge in [0.05, 0.1) is 23.4 Å². The monoisotopic (exact) mass is 564 g/mol. The van der Waals surface area contributed by atoms with Crippen LogP contribution < -0.4 is 9.46 Å². The molecule has 2 bridgehead atoms. The van der Waals surface area contributed by atoms with E-state index in [1.165, 1.54) is 12.8 Å². The molecule has 2 heterocycles. The fourth-order valence-corrected chi connectivity index (χ4v) is 6.46. The molecule has 1 atom stereocenters. The van der Waals surface area contributed by atoms with E-state index in [4.69, 9.17) is 10.1 Å². The summed E-state index contributed by atoms with van der Waals surface area (Å²) in [4.78, 5) is 28.2. The first-order valence-corrected chi connectivity index (χ1v) is 15.2. The molecular weight excluding hydrogens is 528 g/mol. The quantitative estimate of drug-likeness (QED) is 0.555. The summed E-state index contributed by atoms with van der Waals surface area (Å²) in [7, 11) is -4.03. The van der Waals surface area contributed by atoms with E-state index >= 15 is 0 Å². The summed E-state index contributed by atoms with van der Waals surface area (Å²) in [5, 5.41) is 9.27. The average Bonchev–Trinajstić information content (AvgIpc) is 3.65. The number of aryl methyl sites for hydroxylation is 2. The number of benzene rings is 1. The van der Waals surface area contributed by atoms with Crippen molar-refractivity contribution < 1.29 is 17.9 Å². The van der Waals surface area contributed by atoms with Crippen LogP contribution in [0.15, 0.2) is 40.9 Å². The molecule has 5 rings (SSSR count). The molecule has 10 nitrogen and oxygen atoms in total.